The lowest BCUT2D eigenvalue weighted by molar-refractivity contribution is 0.585. The van der Waals surface area contributed by atoms with Gasteiger partial charge in [0, 0.05) is 18.0 Å². The van der Waals surface area contributed by atoms with Crippen LogP contribution in [0.1, 0.15) is 37.5 Å². The summed E-state index contributed by atoms with van der Waals surface area (Å²) in [5.41, 5.74) is 7.82. The van der Waals surface area contributed by atoms with Gasteiger partial charge in [-0.1, -0.05) is 0 Å². The van der Waals surface area contributed by atoms with Crippen LogP contribution in [0.3, 0.4) is 0 Å². The van der Waals surface area contributed by atoms with E-state index >= 15 is 0 Å². The van der Waals surface area contributed by atoms with Crippen LogP contribution < -0.4 is 5.73 Å². The first-order chi connectivity index (χ1) is 8.73. The summed E-state index contributed by atoms with van der Waals surface area (Å²) in [7, 11) is 0. The second-order valence-electron chi connectivity index (χ2n) is 5.65. The van der Waals surface area contributed by atoms with Gasteiger partial charge in [0.05, 0.1) is 11.0 Å². The van der Waals surface area contributed by atoms with E-state index in [1.165, 1.54) is 18.9 Å². The van der Waals surface area contributed by atoms with Crippen LogP contribution in [0.5, 0.6) is 0 Å². The highest BCUT2D eigenvalue weighted by Crippen LogP contribution is 2.50. The van der Waals surface area contributed by atoms with E-state index in [0.29, 0.717) is 12.6 Å². The zero-order valence-corrected chi connectivity index (χ0v) is 10.2. The third-order valence-corrected chi connectivity index (χ3v) is 4.28. The van der Waals surface area contributed by atoms with Crippen LogP contribution in [-0.4, -0.2) is 16.1 Å². The maximum atomic E-state index is 13.4. The lowest BCUT2D eigenvalue weighted by Crippen LogP contribution is -2.24. The second-order valence-corrected chi connectivity index (χ2v) is 5.65. The van der Waals surface area contributed by atoms with Crippen molar-refractivity contribution in [2.75, 3.05) is 6.54 Å². The van der Waals surface area contributed by atoms with Crippen molar-refractivity contribution in [2.24, 2.45) is 5.73 Å². The fourth-order valence-corrected chi connectivity index (χ4v) is 2.81. The van der Waals surface area contributed by atoms with E-state index in [0.717, 1.165) is 29.7 Å². The predicted molar refractivity (Wildman–Crippen MR) is 67.9 cm³/mol. The van der Waals surface area contributed by atoms with Gasteiger partial charge in [-0.05, 0) is 43.9 Å². The van der Waals surface area contributed by atoms with Gasteiger partial charge in [0.1, 0.15) is 11.6 Å². The number of nitrogens with two attached hydrogens (primary N) is 1. The first kappa shape index (κ1) is 10.5. The lowest BCUT2D eigenvalue weighted by atomic mass is 10.1. The predicted octanol–water partition coefficient (Wildman–Crippen LogP) is 2.50. The molecule has 0 atom stereocenters. The minimum atomic E-state index is -0.187. The van der Waals surface area contributed by atoms with Gasteiger partial charge < -0.3 is 10.3 Å². The SMILES string of the molecule is NCC1(c2nc3ccc(F)cc3n2C2CC2)CC1. The lowest BCUT2D eigenvalue weighted by Gasteiger charge is -2.15. The fourth-order valence-electron chi connectivity index (χ4n) is 2.81. The first-order valence-electron chi connectivity index (χ1n) is 6.62. The Hall–Kier alpha value is -1.42. The smallest absolute Gasteiger partial charge is 0.125 e. The number of halogens is 1. The highest BCUT2D eigenvalue weighted by Gasteiger charge is 2.48. The summed E-state index contributed by atoms with van der Waals surface area (Å²) < 4.78 is 15.7. The van der Waals surface area contributed by atoms with Crippen molar-refractivity contribution in [3.8, 4) is 0 Å². The van der Waals surface area contributed by atoms with E-state index in [-0.39, 0.29) is 11.2 Å². The largest absolute Gasteiger partial charge is 0.329 e. The normalized spacial score (nSPS) is 21.4. The summed E-state index contributed by atoms with van der Waals surface area (Å²) in [5, 5.41) is 0. The van der Waals surface area contributed by atoms with Crippen LogP contribution >= 0.6 is 0 Å². The summed E-state index contributed by atoms with van der Waals surface area (Å²) in [6, 6.07) is 5.38. The fraction of sp³-hybridized carbons (Fsp3) is 0.500. The van der Waals surface area contributed by atoms with Crippen molar-refractivity contribution >= 4 is 11.0 Å². The number of fused-ring (bicyclic) bond motifs is 1. The van der Waals surface area contributed by atoms with Crippen molar-refractivity contribution in [2.45, 2.75) is 37.1 Å². The Morgan fingerprint density at radius 1 is 1.39 bits per heavy atom. The first-order valence-corrected chi connectivity index (χ1v) is 6.62. The zero-order valence-electron chi connectivity index (χ0n) is 10.2. The van der Waals surface area contributed by atoms with Crippen LogP contribution in [0.4, 0.5) is 4.39 Å². The number of benzene rings is 1. The molecule has 18 heavy (non-hydrogen) atoms. The van der Waals surface area contributed by atoms with Crippen molar-refractivity contribution in [3.63, 3.8) is 0 Å². The average Bonchev–Trinajstić information content (AvgIpc) is 3.27. The Balaban J connectivity index is 1.99. The van der Waals surface area contributed by atoms with Gasteiger partial charge >= 0.3 is 0 Å². The zero-order chi connectivity index (χ0) is 12.3. The quantitative estimate of drug-likeness (QED) is 0.903. The summed E-state index contributed by atoms with van der Waals surface area (Å²) in [5.74, 6) is 0.904. The molecule has 0 spiro atoms. The highest BCUT2D eigenvalue weighted by atomic mass is 19.1. The van der Waals surface area contributed by atoms with E-state index in [1.807, 2.05) is 0 Å². The molecule has 1 heterocycles. The Labute approximate surface area is 105 Å². The van der Waals surface area contributed by atoms with Gasteiger partial charge in [0.15, 0.2) is 0 Å². The molecule has 4 rings (SSSR count). The molecular formula is C14H16FN3. The minimum Gasteiger partial charge on any atom is -0.329 e. The summed E-state index contributed by atoms with van der Waals surface area (Å²) in [6.07, 6.45) is 4.58. The molecule has 4 heteroatoms. The Morgan fingerprint density at radius 2 is 2.17 bits per heavy atom. The molecule has 2 aliphatic carbocycles. The molecule has 0 aliphatic heterocycles. The molecule has 0 unspecified atom stereocenters. The Bertz CT molecular complexity index is 623. The van der Waals surface area contributed by atoms with Crippen LogP contribution in [-0.2, 0) is 5.41 Å². The van der Waals surface area contributed by atoms with E-state index < -0.39 is 0 Å². The van der Waals surface area contributed by atoms with E-state index in [4.69, 9.17) is 10.7 Å². The molecule has 1 aromatic carbocycles. The van der Waals surface area contributed by atoms with Crippen LogP contribution in [0.2, 0.25) is 0 Å². The summed E-state index contributed by atoms with van der Waals surface area (Å²) >= 11 is 0. The third-order valence-electron chi connectivity index (χ3n) is 4.28. The molecule has 2 aromatic rings. The standard InChI is InChI=1S/C14H16FN3/c15-9-1-4-11-12(7-9)18(10-2-3-10)13(17-11)14(8-16)5-6-14/h1,4,7,10H,2-3,5-6,8,16H2. The molecule has 94 valence electrons. The molecular weight excluding hydrogens is 229 g/mol. The van der Waals surface area contributed by atoms with Crippen LogP contribution in [0, 0.1) is 5.82 Å². The maximum Gasteiger partial charge on any atom is 0.125 e. The number of imidazole rings is 1. The van der Waals surface area contributed by atoms with E-state index in [9.17, 15) is 4.39 Å². The highest BCUT2D eigenvalue weighted by molar-refractivity contribution is 5.77. The number of aromatic nitrogens is 2. The van der Waals surface area contributed by atoms with Crippen molar-refractivity contribution < 1.29 is 4.39 Å². The van der Waals surface area contributed by atoms with Gasteiger partial charge in [0.25, 0.3) is 0 Å². The van der Waals surface area contributed by atoms with Gasteiger partial charge in [-0.3, -0.25) is 0 Å². The van der Waals surface area contributed by atoms with Crippen molar-refractivity contribution in [1.82, 2.24) is 9.55 Å². The molecule has 2 saturated carbocycles. The van der Waals surface area contributed by atoms with Gasteiger partial charge in [-0.2, -0.15) is 0 Å². The second kappa shape index (κ2) is 3.32. The molecule has 3 nitrogen and oxygen atoms in total. The summed E-state index contributed by atoms with van der Waals surface area (Å²) in [4.78, 5) is 4.74. The number of hydrogen-bond donors (Lipinski definition) is 1. The number of hydrogen-bond acceptors (Lipinski definition) is 2. The molecule has 1 aromatic heterocycles. The van der Waals surface area contributed by atoms with Crippen molar-refractivity contribution in [1.29, 1.82) is 0 Å². The topological polar surface area (TPSA) is 43.8 Å². The Kier molecular flexibility index (Phi) is 1.94. The molecule has 0 saturated heterocycles. The minimum absolute atomic E-state index is 0.0675. The third kappa shape index (κ3) is 1.35. The molecule has 0 bridgehead atoms. The molecule has 0 amide bonds. The van der Waals surface area contributed by atoms with Crippen LogP contribution in [0.25, 0.3) is 11.0 Å². The summed E-state index contributed by atoms with van der Waals surface area (Å²) in [6.45, 7) is 0.644. The van der Waals surface area contributed by atoms with Crippen molar-refractivity contribution in [3.05, 3.63) is 29.8 Å². The molecule has 0 radical (unpaired) electrons. The maximum absolute atomic E-state index is 13.4. The number of rotatable bonds is 3. The molecule has 2 fully saturated rings. The van der Waals surface area contributed by atoms with E-state index in [2.05, 4.69) is 4.57 Å². The molecule has 2 aliphatic rings. The average molecular weight is 245 g/mol. The Morgan fingerprint density at radius 3 is 2.78 bits per heavy atom. The molecule has 2 N–H and O–H groups in total. The monoisotopic (exact) mass is 245 g/mol. The van der Waals surface area contributed by atoms with E-state index in [1.54, 1.807) is 12.1 Å². The number of nitrogens with zero attached hydrogens (tertiary/aromatic N) is 2. The van der Waals surface area contributed by atoms with Gasteiger partial charge in [-0.15, -0.1) is 0 Å². The van der Waals surface area contributed by atoms with Crippen LogP contribution in [0.15, 0.2) is 18.2 Å². The van der Waals surface area contributed by atoms with Gasteiger partial charge in [0.2, 0.25) is 0 Å². The van der Waals surface area contributed by atoms with Gasteiger partial charge in [-0.25, -0.2) is 9.37 Å².